The fraction of sp³-hybridized carbons (Fsp3) is 0.625. The maximum atomic E-state index is 10.5. The van der Waals surface area contributed by atoms with Gasteiger partial charge in [-0.2, -0.15) is 0 Å². The Kier molecular flexibility index (Phi) is 4.04. The highest BCUT2D eigenvalue weighted by Gasteiger charge is 2.35. The van der Waals surface area contributed by atoms with Crippen LogP contribution in [0.15, 0.2) is 30.3 Å². The molecule has 0 saturated heterocycles. The summed E-state index contributed by atoms with van der Waals surface area (Å²) in [5.41, 5.74) is 0. The zero-order chi connectivity index (χ0) is 13.1. The van der Waals surface area contributed by atoms with Crippen molar-refractivity contribution in [2.45, 2.75) is 62.8 Å². The van der Waals surface area contributed by atoms with Gasteiger partial charge in [-0.1, -0.05) is 24.6 Å². The van der Waals surface area contributed by atoms with Crippen LogP contribution in [0.4, 0.5) is 0 Å². The maximum Gasteiger partial charge on any atom is 0.126 e. The molecule has 2 aliphatic carbocycles. The van der Waals surface area contributed by atoms with Gasteiger partial charge >= 0.3 is 0 Å². The summed E-state index contributed by atoms with van der Waals surface area (Å²) in [6.07, 6.45) is 6.50. The molecule has 0 unspecified atom stereocenters. The molecule has 0 aromatic heterocycles. The van der Waals surface area contributed by atoms with Gasteiger partial charge in [-0.3, -0.25) is 0 Å². The Labute approximate surface area is 115 Å². The standard InChI is InChI=1S/C16H23NO2/c18-16-14(17-12-6-4-7-12)10-5-11-15(16)19-13-8-2-1-3-9-13/h1-3,8-9,12,14-18H,4-7,10-11H2/t14-,15+,16+/m0/s1. The summed E-state index contributed by atoms with van der Waals surface area (Å²) >= 11 is 0. The Morgan fingerprint density at radius 3 is 2.42 bits per heavy atom. The van der Waals surface area contributed by atoms with E-state index in [2.05, 4.69) is 5.32 Å². The third-order valence-electron chi connectivity index (χ3n) is 4.38. The summed E-state index contributed by atoms with van der Waals surface area (Å²) in [4.78, 5) is 0. The van der Waals surface area contributed by atoms with Crippen LogP contribution < -0.4 is 10.1 Å². The number of ether oxygens (including phenoxy) is 1. The fourth-order valence-electron chi connectivity index (χ4n) is 3.00. The highest BCUT2D eigenvalue weighted by molar-refractivity contribution is 5.21. The average Bonchev–Trinajstić information content (AvgIpc) is 2.39. The van der Waals surface area contributed by atoms with Crippen LogP contribution in [0, 0.1) is 0 Å². The minimum absolute atomic E-state index is 0.0753. The molecule has 0 aliphatic heterocycles. The van der Waals surface area contributed by atoms with Crippen LogP contribution in [0.1, 0.15) is 38.5 Å². The highest BCUT2D eigenvalue weighted by Crippen LogP contribution is 2.27. The summed E-state index contributed by atoms with van der Waals surface area (Å²) in [5.74, 6) is 0.857. The van der Waals surface area contributed by atoms with E-state index in [-0.39, 0.29) is 12.1 Å². The maximum absolute atomic E-state index is 10.5. The smallest absolute Gasteiger partial charge is 0.126 e. The molecule has 0 radical (unpaired) electrons. The predicted octanol–water partition coefficient (Wildman–Crippen LogP) is 2.49. The third kappa shape index (κ3) is 3.10. The summed E-state index contributed by atoms with van der Waals surface area (Å²) in [6, 6.07) is 10.6. The van der Waals surface area contributed by atoms with Crippen molar-refractivity contribution in [3.8, 4) is 5.75 Å². The lowest BCUT2D eigenvalue weighted by Crippen LogP contribution is -2.55. The molecule has 1 aromatic carbocycles. The van der Waals surface area contributed by atoms with Gasteiger partial charge < -0.3 is 15.2 Å². The Morgan fingerprint density at radius 2 is 1.74 bits per heavy atom. The number of nitrogens with one attached hydrogen (secondary N) is 1. The third-order valence-corrected chi connectivity index (χ3v) is 4.38. The summed E-state index contributed by atoms with van der Waals surface area (Å²) < 4.78 is 5.94. The van der Waals surface area contributed by atoms with E-state index in [0.29, 0.717) is 6.04 Å². The van der Waals surface area contributed by atoms with Gasteiger partial charge in [0.2, 0.25) is 0 Å². The average molecular weight is 261 g/mol. The van der Waals surface area contributed by atoms with E-state index < -0.39 is 6.10 Å². The quantitative estimate of drug-likeness (QED) is 0.875. The molecule has 2 N–H and O–H groups in total. The van der Waals surface area contributed by atoms with E-state index in [1.165, 1.54) is 19.3 Å². The zero-order valence-corrected chi connectivity index (χ0v) is 11.3. The summed E-state index contributed by atoms with van der Waals surface area (Å²) in [7, 11) is 0. The molecule has 2 fully saturated rings. The Morgan fingerprint density at radius 1 is 1.00 bits per heavy atom. The minimum atomic E-state index is -0.394. The molecule has 3 rings (SSSR count). The first-order valence-electron chi connectivity index (χ1n) is 7.49. The van der Waals surface area contributed by atoms with Crippen molar-refractivity contribution < 1.29 is 9.84 Å². The fourth-order valence-corrected chi connectivity index (χ4v) is 3.00. The van der Waals surface area contributed by atoms with E-state index in [4.69, 9.17) is 4.74 Å². The van der Waals surface area contributed by atoms with Crippen LogP contribution in [-0.4, -0.2) is 29.4 Å². The normalized spacial score (nSPS) is 31.7. The van der Waals surface area contributed by atoms with Crippen LogP contribution >= 0.6 is 0 Å². The molecule has 104 valence electrons. The number of hydrogen-bond donors (Lipinski definition) is 2. The molecule has 2 aliphatic rings. The monoisotopic (exact) mass is 261 g/mol. The first-order chi connectivity index (χ1) is 9.33. The molecule has 0 spiro atoms. The largest absolute Gasteiger partial charge is 0.488 e. The molecular weight excluding hydrogens is 238 g/mol. The molecule has 2 saturated carbocycles. The molecule has 0 bridgehead atoms. The molecule has 0 amide bonds. The van der Waals surface area contributed by atoms with Gasteiger partial charge in [0, 0.05) is 12.1 Å². The SMILES string of the molecule is O[C@@H]1[C@@H](NC2CCC2)CCC[C@H]1Oc1ccccc1. The topological polar surface area (TPSA) is 41.5 Å². The number of aliphatic hydroxyl groups excluding tert-OH is 1. The second-order valence-electron chi connectivity index (χ2n) is 5.79. The molecule has 19 heavy (non-hydrogen) atoms. The van der Waals surface area contributed by atoms with Gasteiger partial charge in [-0.05, 0) is 44.2 Å². The van der Waals surface area contributed by atoms with Crippen molar-refractivity contribution in [2.24, 2.45) is 0 Å². The first-order valence-corrected chi connectivity index (χ1v) is 7.49. The van der Waals surface area contributed by atoms with Gasteiger partial charge in [-0.25, -0.2) is 0 Å². The van der Waals surface area contributed by atoms with E-state index in [9.17, 15) is 5.11 Å². The zero-order valence-electron chi connectivity index (χ0n) is 11.3. The molecule has 3 atom stereocenters. The molecular formula is C16H23NO2. The van der Waals surface area contributed by atoms with Crippen LogP contribution in [0.5, 0.6) is 5.75 Å². The summed E-state index contributed by atoms with van der Waals surface area (Å²) in [6.45, 7) is 0. The van der Waals surface area contributed by atoms with Crippen molar-refractivity contribution in [3.05, 3.63) is 30.3 Å². The van der Waals surface area contributed by atoms with Gasteiger partial charge in [0.1, 0.15) is 18.0 Å². The minimum Gasteiger partial charge on any atom is -0.488 e. The van der Waals surface area contributed by atoms with E-state index in [1.807, 2.05) is 30.3 Å². The number of rotatable bonds is 4. The molecule has 3 heteroatoms. The lowest BCUT2D eigenvalue weighted by Gasteiger charge is -2.39. The van der Waals surface area contributed by atoms with Gasteiger partial charge in [0.25, 0.3) is 0 Å². The van der Waals surface area contributed by atoms with E-state index in [1.54, 1.807) is 0 Å². The van der Waals surface area contributed by atoms with Gasteiger partial charge in [0.05, 0.1) is 0 Å². The Bertz CT molecular complexity index is 391. The van der Waals surface area contributed by atoms with Crippen molar-refractivity contribution in [3.63, 3.8) is 0 Å². The van der Waals surface area contributed by atoms with Crippen LogP contribution in [-0.2, 0) is 0 Å². The number of benzene rings is 1. The van der Waals surface area contributed by atoms with Crippen molar-refractivity contribution in [1.82, 2.24) is 5.32 Å². The predicted molar refractivity (Wildman–Crippen MR) is 75.3 cm³/mol. The second-order valence-corrected chi connectivity index (χ2v) is 5.79. The summed E-state index contributed by atoms with van der Waals surface area (Å²) in [5, 5.41) is 14.1. The van der Waals surface area contributed by atoms with E-state index >= 15 is 0 Å². The lowest BCUT2D eigenvalue weighted by molar-refractivity contribution is -0.0205. The van der Waals surface area contributed by atoms with Gasteiger partial charge in [-0.15, -0.1) is 0 Å². The van der Waals surface area contributed by atoms with Crippen molar-refractivity contribution in [2.75, 3.05) is 0 Å². The molecule has 1 aromatic rings. The number of para-hydroxylation sites is 1. The van der Waals surface area contributed by atoms with Crippen molar-refractivity contribution in [1.29, 1.82) is 0 Å². The van der Waals surface area contributed by atoms with Crippen LogP contribution in [0.3, 0.4) is 0 Å². The molecule has 3 nitrogen and oxygen atoms in total. The lowest BCUT2D eigenvalue weighted by atomic mass is 9.86. The second kappa shape index (κ2) is 5.93. The first kappa shape index (κ1) is 12.9. The van der Waals surface area contributed by atoms with Gasteiger partial charge in [0.15, 0.2) is 0 Å². The van der Waals surface area contributed by atoms with E-state index in [0.717, 1.165) is 25.0 Å². The molecule has 0 heterocycles. The van der Waals surface area contributed by atoms with Crippen LogP contribution in [0.25, 0.3) is 0 Å². The van der Waals surface area contributed by atoms with Crippen molar-refractivity contribution >= 4 is 0 Å². The highest BCUT2D eigenvalue weighted by atomic mass is 16.5. The Hall–Kier alpha value is -1.06. The van der Waals surface area contributed by atoms with Crippen LogP contribution in [0.2, 0.25) is 0 Å². The number of hydrogen-bond acceptors (Lipinski definition) is 3. The Balaban J connectivity index is 1.58. The number of aliphatic hydroxyl groups is 1.